The molecule has 1 aromatic rings. The molecule has 0 aromatic heterocycles. The first-order valence-corrected chi connectivity index (χ1v) is 7.95. The van der Waals surface area contributed by atoms with Crippen molar-refractivity contribution in [3.63, 3.8) is 0 Å². The van der Waals surface area contributed by atoms with Gasteiger partial charge in [0, 0.05) is 24.5 Å². The SMILES string of the molecule is CC(C)(O)CC(O)C1(Sc2ccccc2)CCOCC1. The Bertz CT molecular complexity index is 407. The van der Waals surface area contributed by atoms with Crippen molar-refractivity contribution < 1.29 is 14.9 Å². The maximum absolute atomic E-state index is 10.7. The maximum Gasteiger partial charge on any atom is 0.0719 e. The zero-order valence-corrected chi connectivity index (χ0v) is 13.0. The molecule has 1 aromatic carbocycles. The van der Waals surface area contributed by atoms with Crippen molar-refractivity contribution in [3.8, 4) is 0 Å². The highest BCUT2D eigenvalue weighted by Gasteiger charge is 2.42. The van der Waals surface area contributed by atoms with Gasteiger partial charge in [-0.1, -0.05) is 18.2 Å². The van der Waals surface area contributed by atoms with E-state index in [0.717, 1.165) is 17.7 Å². The molecule has 0 saturated carbocycles. The lowest BCUT2D eigenvalue weighted by Gasteiger charge is -2.42. The highest BCUT2D eigenvalue weighted by atomic mass is 32.2. The summed E-state index contributed by atoms with van der Waals surface area (Å²) >= 11 is 1.72. The topological polar surface area (TPSA) is 49.7 Å². The van der Waals surface area contributed by atoms with Gasteiger partial charge in [-0.2, -0.15) is 0 Å². The molecule has 0 amide bonds. The first-order chi connectivity index (χ1) is 9.41. The monoisotopic (exact) mass is 296 g/mol. The fraction of sp³-hybridized carbons (Fsp3) is 0.625. The zero-order chi connectivity index (χ0) is 14.6. The van der Waals surface area contributed by atoms with E-state index in [1.807, 2.05) is 18.2 Å². The van der Waals surface area contributed by atoms with Crippen LogP contribution in [0.3, 0.4) is 0 Å². The highest BCUT2D eigenvalue weighted by Crippen LogP contribution is 2.44. The number of rotatable bonds is 5. The molecule has 4 heteroatoms. The van der Waals surface area contributed by atoms with E-state index in [1.54, 1.807) is 25.6 Å². The average molecular weight is 296 g/mol. The summed E-state index contributed by atoms with van der Waals surface area (Å²) in [5.41, 5.74) is -0.859. The summed E-state index contributed by atoms with van der Waals surface area (Å²) in [5, 5.41) is 20.7. The summed E-state index contributed by atoms with van der Waals surface area (Å²) in [6.07, 6.45) is 1.46. The predicted octanol–water partition coefficient (Wildman–Crippen LogP) is 2.85. The number of benzene rings is 1. The Morgan fingerprint density at radius 2 is 1.85 bits per heavy atom. The van der Waals surface area contributed by atoms with Crippen LogP contribution >= 0.6 is 11.8 Å². The molecule has 1 saturated heterocycles. The molecule has 2 rings (SSSR count). The van der Waals surface area contributed by atoms with Gasteiger partial charge in [0.05, 0.1) is 16.5 Å². The summed E-state index contributed by atoms with van der Waals surface area (Å²) in [6, 6.07) is 10.2. The van der Waals surface area contributed by atoms with Crippen LogP contribution in [-0.2, 0) is 4.74 Å². The Labute approximate surface area is 125 Å². The molecule has 1 aliphatic rings. The van der Waals surface area contributed by atoms with Crippen molar-refractivity contribution in [3.05, 3.63) is 30.3 Å². The Hall–Kier alpha value is -0.550. The van der Waals surface area contributed by atoms with Gasteiger partial charge in [0.2, 0.25) is 0 Å². The summed E-state index contributed by atoms with van der Waals surface area (Å²) < 4.78 is 5.19. The van der Waals surface area contributed by atoms with Crippen LogP contribution in [0.25, 0.3) is 0 Å². The van der Waals surface area contributed by atoms with Crippen LogP contribution in [0.15, 0.2) is 35.2 Å². The number of aliphatic hydroxyl groups is 2. The molecule has 1 atom stereocenters. The van der Waals surface area contributed by atoms with Gasteiger partial charge in [0.15, 0.2) is 0 Å². The van der Waals surface area contributed by atoms with E-state index in [2.05, 4.69) is 12.1 Å². The third-order valence-corrected chi connectivity index (χ3v) is 5.30. The van der Waals surface area contributed by atoms with Crippen LogP contribution in [0.2, 0.25) is 0 Å². The van der Waals surface area contributed by atoms with Gasteiger partial charge in [0.25, 0.3) is 0 Å². The first kappa shape index (κ1) is 15.8. The van der Waals surface area contributed by atoms with E-state index in [9.17, 15) is 10.2 Å². The number of hydrogen-bond donors (Lipinski definition) is 2. The van der Waals surface area contributed by atoms with Gasteiger partial charge in [-0.15, -0.1) is 11.8 Å². The molecule has 20 heavy (non-hydrogen) atoms. The molecule has 112 valence electrons. The standard InChI is InChI=1S/C16H24O3S/c1-15(2,18)12-14(17)16(8-10-19-11-9-16)20-13-6-4-3-5-7-13/h3-7,14,17-18H,8-12H2,1-2H3. The van der Waals surface area contributed by atoms with Crippen LogP contribution in [0.4, 0.5) is 0 Å². The highest BCUT2D eigenvalue weighted by molar-refractivity contribution is 8.00. The van der Waals surface area contributed by atoms with Crippen LogP contribution in [0, 0.1) is 0 Å². The minimum absolute atomic E-state index is 0.264. The second-order valence-corrected chi connectivity index (χ2v) is 7.61. The minimum Gasteiger partial charge on any atom is -0.392 e. The van der Waals surface area contributed by atoms with Crippen molar-refractivity contribution in [2.75, 3.05) is 13.2 Å². The Morgan fingerprint density at radius 3 is 2.40 bits per heavy atom. The molecule has 0 aliphatic carbocycles. The third-order valence-electron chi connectivity index (χ3n) is 3.70. The fourth-order valence-electron chi connectivity index (χ4n) is 2.60. The van der Waals surface area contributed by atoms with Gasteiger partial charge in [-0.05, 0) is 38.8 Å². The quantitative estimate of drug-likeness (QED) is 0.877. The molecule has 2 N–H and O–H groups in total. The van der Waals surface area contributed by atoms with E-state index < -0.39 is 11.7 Å². The smallest absolute Gasteiger partial charge is 0.0719 e. The number of hydrogen-bond acceptors (Lipinski definition) is 4. The van der Waals surface area contributed by atoms with Gasteiger partial charge in [0.1, 0.15) is 0 Å². The lowest BCUT2D eigenvalue weighted by molar-refractivity contribution is -0.0232. The molecule has 0 spiro atoms. The normalized spacial score (nSPS) is 20.6. The van der Waals surface area contributed by atoms with Gasteiger partial charge in [-0.3, -0.25) is 0 Å². The zero-order valence-electron chi connectivity index (χ0n) is 12.2. The van der Waals surface area contributed by atoms with Gasteiger partial charge in [-0.25, -0.2) is 0 Å². The first-order valence-electron chi connectivity index (χ1n) is 7.14. The lowest BCUT2D eigenvalue weighted by Crippen LogP contribution is -2.47. The summed E-state index contributed by atoms with van der Waals surface area (Å²) in [4.78, 5) is 1.16. The fourth-order valence-corrected chi connectivity index (χ4v) is 3.96. The molecule has 1 aliphatic heterocycles. The molecule has 0 bridgehead atoms. The second-order valence-electron chi connectivity index (χ2n) is 6.12. The van der Waals surface area contributed by atoms with Crippen molar-refractivity contribution in [2.24, 2.45) is 0 Å². The molecule has 1 fully saturated rings. The van der Waals surface area contributed by atoms with E-state index in [4.69, 9.17) is 4.74 Å². The van der Waals surface area contributed by atoms with Crippen molar-refractivity contribution in [1.29, 1.82) is 0 Å². The number of thioether (sulfide) groups is 1. The van der Waals surface area contributed by atoms with Crippen molar-refractivity contribution in [2.45, 2.75) is 54.5 Å². The van der Waals surface area contributed by atoms with Gasteiger partial charge >= 0.3 is 0 Å². The molecule has 1 unspecified atom stereocenters. The molecule has 3 nitrogen and oxygen atoms in total. The maximum atomic E-state index is 10.7. The molecular formula is C16H24O3S. The Morgan fingerprint density at radius 1 is 1.25 bits per heavy atom. The van der Waals surface area contributed by atoms with E-state index >= 15 is 0 Å². The minimum atomic E-state index is -0.859. The third kappa shape index (κ3) is 4.22. The van der Waals surface area contributed by atoms with Crippen molar-refractivity contribution in [1.82, 2.24) is 0 Å². The molecular weight excluding hydrogens is 272 g/mol. The van der Waals surface area contributed by atoms with Crippen LogP contribution < -0.4 is 0 Å². The van der Waals surface area contributed by atoms with Crippen LogP contribution in [0.1, 0.15) is 33.1 Å². The average Bonchev–Trinajstić information content (AvgIpc) is 2.39. The second kappa shape index (κ2) is 6.48. The summed E-state index contributed by atoms with van der Waals surface area (Å²) in [6.45, 7) is 4.83. The van der Waals surface area contributed by atoms with Crippen LogP contribution in [0.5, 0.6) is 0 Å². The largest absolute Gasteiger partial charge is 0.392 e. The van der Waals surface area contributed by atoms with Crippen molar-refractivity contribution >= 4 is 11.8 Å². The Kier molecular flexibility index (Phi) is 5.13. The summed E-state index contributed by atoms with van der Waals surface area (Å²) in [7, 11) is 0. The Balaban J connectivity index is 2.17. The molecule has 0 radical (unpaired) electrons. The van der Waals surface area contributed by atoms with Crippen LogP contribution in [-0.4, -0.2) is 39.9 Å². The van der Waals surface area contributed by atoms with E-state index in [-0.39, 0.29) is 4.75 Å². The summed E-state index contributed by atoms with van der Waals surface area (Å²) in [5.74, 6) is 0. The molecule has 1 heterocycles. The number of ether oxygens (including phenoxy) is 1. The van der Waals surface area contributed by atoms with E-state index in [0.29, 0.717) is 19.6 Å². The van der Waals surface area contributed by atoms with E-state index in [1.165, 1.54) is 0 Å². The number of aliphatic hydroxyl groups excluding tert-OH is 1. The predicted molar refractivity (Wildman–Crippen MR) is 82.0 cm³/mol. The lowest BCUT2D eigenvalue weighted by atomic mass is 9.86. The van der Waals surface area contributed by atoms with Gasteiger partial charge < -0.3 is 14.9 Å².